The first-order valence-electron chi connectivity index (χ1n) is 10.9. The maximum atomic E-state index is 12.3. The number of rotatable bonds is 9. The number of unbranched alkanes of at least 4 members (excludes halogenated alkanes) is 1. The molecule has 1 aromatic heterocycles. The molecule has 2 aliphatic rings. The molecule has 1 unspecified atom stereocenters. The highest BCUT2D eigenvalue weighted by molar-refractivity contribution is 6.07. The third kappa shape index (κ3) is 5.36. The molecule has 3 heterocycles. The van der Waals surface area contributed by atoms with E-state index in [4.69, 9.17) is 10.5 Å². The first-order chi connectivity index (χ1) is 15.6. The Morgan fingerprint density at radius 3 is 2.94 bits per heavy atom. The van der Waals surface area contributed by atoms with Gasteiger partial charge in [-0.25, -0.2) is 9.98 Å². The van der Waals surface area contributed by atoms with Crippen molar-refractivity contribution < 1.29 is 9.53 Å². The smallest absolute Gasteiger partial charge is 0.244 e. The summed E-state index contributed by atoms with van der Waals surface area (Å²) in [5.41, 5.74) is 8.87. The molecule has 1 atom stereocenters. The van der Waals surface area contributed by atoms with Crippen LogP contribution in [0.5, 0.6) is 0 Å². The molecule has 5 N–H and O–H groups in total. The van der Waals surface area contributed by atoms with E-state index in [1.165, 1.54) is 0 Å². The van der Waals surface area contributed by atoms with Gasteiger partial charge in [-0.1, -0.05) is 43.7 Å². The Morgan fingerprint density at radius 2 is 2.12 bits per heavy atom. The first kappa shape index (κ1) is 21.6. The second-order valence-corrected chi connectivity index (χ2v) is 7.76. The summed E-state index contributed by atoms with van der Waals surface area (Å²) in [4.78, 5) is 23.2. The highest BCUT2D eigenvalue weighted by Gasteiger charge is 2.32. The molecule has 9 heteroatoms. The quantitative estimate of drug-likeness (QED) is 0.444. The number of nitrogens with one attached hydrogen (secondary N) is 3. The van der Waals surface area contributed by atoms with Gasteiger partial charge in [-0.3, -0.25) is 4.79 Å². The van der Waals surface area contributed by atoms with E-state index in [0.29, 0.717) is 37.1 Å². The number of nitrogens with zero attached hydrogens (tertiary/aromatic N) is 3. The molecule has 2 aromatic rings. The zero-order valence-electron chi connectivity index (χ0n) is 18.2. The third-order valence-corrected chi connectivity index (χ3v) is 5.19. The van der Waals surface area contributed by atoms with Gasteiger partial charge in [0.25, 0.3) is 0 Å². The summed E-state index contributed by atoms with van der Waals surface area (Å²) >= 11 is 0. The number of carbonyl (C=O) groups is 1. The SMILES string of the molecule is CCCCOC1N=C2C(=C(N)N1)NC(=O)CN2Cc1cccc(CNc2ccccn2)c1. The topological polar surface area (TPSA) is 117 Å². The molecule has 1 aromatic carbocycles. The van der Waals surface area contributed by atoms with Crippen molar-refractivity contribution >= 4 is 17.6 Å². The van der Waals surface area contributed by atoms with Gasteiger partial charge in [0.05, 0.1) is 13.2 Å². The van der Waals surface area contributed by atoms with Crippen LogP contribution in [0, 0.1) is 0 Å². The van der Waals surface area contributed by atoms with Gasteiger partial charge >= 0.3 is 0 Å². The monoisotopic (exact) mass is 435 g/mol. The van der Waals surface area contributed by atoms with Crippen molar-refractivity contribution in [3.63, 3.8) is 0 Å². The van der Waals surface area contributed by atoms with Crippen LogP contribution in [0.4, 0.5) is 5.82 Å². The van der Waals surface area contributed by atoms with Crippen LogP contribution in [0.15, 0.2) is 65.2 Å². The fourth-order valence-corrected chi connectivity index (χ4v) is 3.59. The summed E-state index contributed by atoms with van der Waals surface area (Å²) in [5.74, 6) is 1.71. The molecule has 0 radical (unpaired) electrons. The fourth-order valence-electron chi connectivity index (χ4n) is 3.59. The molecular formula is C23H29N7O2. The molecule has 9 nitrogen and oxygen atoms in total. The molecule has 4 rings (SSSR count). The normalized spacial score (nSPS) is 17.9. The number of pyridine rings is 1. The summed E-state index contributed by atoms with van der Waals surface area (Å²) in [6, 6.07) is 14.0. The van der Waals surface area contributed by atoms with E-state index in [9.17, 15) is 4.79 Å². The lowest BCUT2D eigenvalue weighted by Gasteiger charge is -2.36. The number of aromatic nitrogens is 1. The van der Waals surface area contributed by atoms with E-state index in [1.54, 1.807) is 6.20 Å². The molecule has 1 saturated heterocycles. The Morgan fingerprint density at radius 1 is 1.25 bits per heavy atom. The molecule has 32 heavy (non-hydrogen) atoms. The number of ether oxygens (including phenoxy) is 1. The van der Waals surface area contributed by atoms with Crippen molar-refractivity contribution in [1.29, 1.82) is 0 Å². The van der Waals surface area contributed by atoms with E-state index < -0.39 is 6.35 Å². The lowest BCUT2D eigenvalue weighted by atomic mass is 10.1. The highest BCUT2D eigenvalue weighted by Crippen LogP contribution is 2.19. The second kappa shape index (κ2) is 10.1. The Balaban J connectivity index is 1.47. The fraction of sp³-hybridized carbons (Fsp3) is 0.348. The molecule has 0 bridgehead atoms. The average Bonchev–Trinajstić information content (AvgIpc) is 2.80. The molecule has 168 valence electrons. The second-order valence-electron chi connectivity index (χ2n) is 7.76. The first-order valence-corrected chi connectivity index (χ1v) is 10.9. The van der Waals surface area contributed by atoms with E-state index >= 15 is 0 Å². The Labute approximate surface area is 187 Å². The summed E-state index contributed by atoms with van der Waals surface area (Å²) in [7, 11) is 0. The summed E-state index contributed by atoms with van der Waals surface area (Å²) in [5, 5.41) is 9.16. The number of fused-ring (bicyclic) bond motifs is 1. The Kier molecular flexibility index (Phi) is 6.86. The number of aliphatic imine (C=N–C) groups is 1. The van der Waals surface area contributed by atoms with Crippen LogP contribution in [-0.4, -0.2) is 41.1 Å². The number of hydrogen-bond donors (Lipinski definition) is 4. The number of piperazine rings is 1. The van der Waals surface area contributed by atoms with Gasteiger partial charge in [0.1, 0.15) is 17.3 Å². The van der Waals surface area contributed by atoms with Crippen LogP contribution in [0.2, 0.25) is 0 Å². The van der Waals surface area contributed by atoms with Gasteiger partial charge in [-0.05, 0) is 29.7 Å². The van der Waals surface area contributed by atoms with E-state index in [2.05, 4.69) is 45.0 Å². The number of nitrogens with two attached hydrogens (primary N) is 1. The largest absolute Gasteiger partial charge is 0.384 e. The van der Waals surface area contributed by atoms with Crippen LogP contribution in [-0.2, 0) is 22.6 Å². The van der Waals surface area contributed by atoms with Gasteiger partial charge in [0.2, 0.25) is 12.3 Å². The predicted octanol–water partition coefficient (Wildman–Crippen LogP) is 1.86. The maximum Gasteiger partial charge on any atom is 0.244 e. The minimum atomic E-state index is -0.563. The number of hydrogen-bond acceptors (Lipinski definition) is 8. The van der Waals surface area contributed by atoms with E-state index in [-0.39, 0.29) is 12.5 Å². The van der Waals surface area contributed by atoms with Crippen LogP contribution in [0.3, 0.4) is 0 Å². The van der Waals surface area contributed by atoms with Crippen LogP contribution in [0.1, 0.15) is 30.9 Å². The summed E-state index contributed by atoms with van der Waals surface area (Å²) in [6.45, 7) is 4.08. The van der Waals surface area contributed by atoms with Gasteiger partial charge in [0.15, 0.2) is 5.84 Å². The Bertz CT molecular complexity index is 1010. The molecule has 2 aliphatic heterocycles. The zero-order chi connectivity index (χ0) is 22.3. The van der Waals surface area contributed by atoms with Gasteiger partial charge in [-0.15, -0.1) is 0 Å². The number of anilines is 1. The lowest BCUT2D eigenvalue weighted by Crippen LogP contribution is -2.55. The Hall–Kier alpha value is -3.59. The molecule has 0 saturated carbocycles. The van der Waals surface area contributed by atoms with Gasteiger partial charge in [0, 0.05) is 19.3 Å². The van der Waals surface area contributed by atoms with Crippen LogP contribution in [0.25, 0.3) is 0 Å². The van der Waals surface area contributed by atoms with Crippen molar-refractivity contribution in [2.75, 3.05) is 18.5 Å². The van der Waals surface area contributed by atoms with Crippen molar-refractivity contribution in [3.8, 4) is 0 Å². The summed E-state index contributed by atoms with van der Waals surface area (Å²) in [6.07, 6.45) is 3.18. The van der Waals surface area contributed by atoms with Gasteiger partial charge < -0.3 is 31.3 Å². The number of benzene rings is 1. The number of carbonyl (C=O) groups excluding carboxylic acids is 1. The predicted molar refractivity (Wildman–Crippen MR) is 123 cm³/mol. The lowest BCUT2D eigenvalue weighted by molar-refractivity contribution is -0.121. The minimum absolute atomic E-state index is 0.123. The van der Waals surface area contributed by atoms with Crippen LogP contribution < -0.4 is 21.7 Å². The molecule has 1 fully saturated rings. The molecule has 1 amide bonds. The molecular weight excluding hydrogens is 406 g/mol. The van der Waals surface area contributed by atoms with Crippen molar-refractivity contribution in [2.24, 2.45) is 10.7 Å². The van der Waals surface area contributed by atoms with E-state index in [1.807, 2.05) is 35.2 Å². The number of amides is 1. The zero-order valence-corrected chi connectivity index (χ0v) is 18.2. The minimum Gasteiger partial charge on any atom is -0.384 e. The maximum absolute atomic E-state index is 12.3. The standard InChI is InChI=1S/C23H29N7O2/c1-2-3-11-32-23-28-21(24)20-22(29-23)30(15-19(31)27-20)14-17-8-6-7-16(12-17)13-26-18-9-4-5-10-25-18/h4-10,12,23,28H,2-3,11,13-15,24H2,1H3,(H,25,26)(H,27,31). The average molecular weight is 436 g/mol. The summed E-state index contributed by atoms with van der Waals surface area (Å²) < 4.78 is 5.79. The molecule has 0 aliphatic carbocycles. The highest BCUT2D eigenvalue weighted by atomic mass is 16.5. The third-order valence-electron chi connectivity index (χ3n) is 5.19. The number of amidine groups is 1. The molecule has 0 spiro atoms. The van der Waals surface area contributed by atoms with E-state index in [0.717, 1.165) is 29.8 Å². The van der Waals surface area contributed by atoms with Crippen molar-refractivity contribution in [1.82, 2.24) is 20.5 Å². The van der Waals surface area contributed by atoms with Crippen LogP contribution >= 0.6 is 0 Å². The van der Waals surface area contributed by atoms with Gasteiger partial charge in [-0.2, -0.15) is 0 Å². The van der Waals surface area contributed by atoms with Crippen molar-refractivity contribution in [2.45, 2.75) is 39.2 Å². The van der Waals surface area contributed by atoms with Crippen molar-refractivity contribution in [3.05, 3.63) is 71.3 Å².